The van der Waals surface area contributed by atoms with Gasteiger partial charge in [-0.25, -0.2) is 4.99 Å². The summed E-state index contributed by atoms with van der Waals surface area (Å²) < 4.78 is 11.0. The molecule has 0 saturated heterocycles. The number of amides is 1. The lowest BCUT2D eigenvalue weighted by Crippen LogP contribution is -2.29. The molecule has 3 aromatic rings. The fourth-order valence-corrected chi connectivity index (χ4v) is 2.60. The van der Waals surface area contributed by atoms with Gasteiger partial charge in [0.25, 0.3) is 5.91 Å². The first-order chi connectivity index (χ1) is 13.1. The number of nitrogens with zero attached hydrogens (tertiary/aromatic N) is 1. The number of hydrogen-bond donors (Lipinski definition) is 2. The lowest BCUT2D eigenvalue weighted by atomic mass is 10.1. The molecule has 0 saturated carbocycles. The van der Waals surface area contributed by atoms with E-state index in [2.05, 4.69) is 17.2 Å². The van der Waals surface area contributed by atoms with Gasteiger partial charge in [0.1, 0.15) is 22.6 Å². The van der Waals surface area contributed by atoms with Crippen LogP contribution in [0.1, 0.15) is 30.1 Å². The molecule has 0 bridgehead atoms. The Morgan fingerprint density at radius 3 is 2.67 bits per heavy atom. The van der Waals surface area contributed by atoms with E-state index in [-0.39, 0.29) is 17.2 Å². The second-order valence-corrected chi connectivity index (χ2v) is 6.11. The Bertz CT molecular complexity index is 1010. The van der Waals surface area contributed by atoms with Gasteiger partial charge in [0, 0.05) is 18.0 Å². The molecule has 0 unspecified atom stereocenters. The van der Waals surface area contributed by atoms with Crippen LogP contribution in [0, 0.1) is 0 Å². The molecule has 2 aromatic carbocycles. The molecule has 0 fully saturated rings. The Balaban J connectivity index is 2.09. The Labute approximate surface area is 157 Å². The van der Waals surface area contributed by atoms with E-state index in [4.69, 9.17) is 9.15 Å². The SMILES string of the molecule is CCCCNC(=O)c1cc2ccc(O)cc2oc1=Nc1ccc(OC)cc1. The third kappa shape index (κ3) is 4.47. The first-order valence-corrected chi connectivity index (χ1v) is 8.84. The smallest absolute Gasteiger partial charge is 0.256 e. The normalized spacial score (nSPS) is 11.6. The maximum atomic E-state index is 12.6. The molecule has 27 heavy (non-hydrogen) atoms. The minimum Gasteiger partial charge on any atom is -0.508 e. The zero-order chi connectivity index (χ0) is 19.2. The number of unbranched alkanes of at least 4 members (excludes halogenated alkanes) is 1. The number of methoxy groups -OCH3 is 1. The molecule has 2 N–H and O–H groups in total. The van der Waals surface area contributed by atoms with Crippen molar-refractivity contribution in [2.75, 3.05) is 13.7 Å². The van der Waals surface area contributed by atoms with Gasteiger partial charge < -0.3 is 19.6 Å². The standard InChI is InChI=1S/C21H22N2O4/c1-3-4-11-22-20(25)18-12-14-5-8-16(24)13-19(14)27-21(18)23-15-6-9-17(26-2)10-7-15/h5-10,12-13,24H,3-4,11H2,1-2H3,(H,22,25). The molecule has 1 amide bonds. The van der Waals surface area contributed by atoms with Gasteiger partial charge in [-0.15, -0.1) is 0 Å². The van der Waals surface area contributed by atoms with Gasteiger partial charge in [0.2, 0.25) is 5.55 Å². The molecule has 0 radical (unpaired) electrons. The summed E-state index contributed by atoms with van der Waals surface area (Å²) in [4.78, 5) is 17.1. The van der Waals surface area contributed by atoms with Crippen LogP contribution in [-0.4, -0.2) is 24.7 Å². The topological polar surface area (TPSA) is 84.1 Å². The summed E-state index contributed by atoms with van der Waals surface area (Å²) in [6.07, 6.45) is 1.89. The molecule has 1 heterocycles. The van der Waals surface area contributed by atoms with Gasteiger partial charge in [-0.05, 0) is 48.9 Å². The number of ether oxygens (including phenoxy) is 1. The van der Waals surface area contributed by atoms with Crippen LogP contribution >= 0.6 is 0 Å². The van der Waals surface area contributed by atoms with E-state index < -0.39 is 0 Å². The molecule has 0 atom stereocenters. The molecule has 6 nitrogen and oxygen atoms in total. The predicted octanol–water partition coefficient (Wildman–Crippen LogP) is 3.91. The molecule has 0 aliphatic heterocycles. The lowest BCUT2D eigenvalue weighted by molar-refractivity contribution is 0.0949. The average Bonchev–Trinajstić information content (AvgIpc) is 2.68. The number of fused-ring (bicyclic) bond motifs is 1. The van der Waals surface area contributed by atoms with Crippen LogP contribution in [0.4, 0.5) is 5.69 Å². The van der Waals surface area contributed by atoms with Crippen molar-refractivity contribution >= 4 is 22.6 Å². The third-order valence-corrected chi connectivity index (χ3v) is 4.10. The highest BCUT2D eigenvalue weighted by Gasteiger charge is 2.12. The number of benzene rings is 2. The van der Waals surface area contributed by atoms with E-state index in [0.717, 1.165) is 12.8 Å². The van der Waals surface area contributed by atoms with Gasteiger partial charge in [-0.1, -0.05) is 13.3 Å². The van der Waals surface area contributed by atoms with Crippen molar-refractivity contribution in [2.24, 2.45) is 4.99 Å². The minimum atomic E-state index is -0.241. The molecular weight excluding hydrogens is 344 g/mol. The average molecular weight is 366 g/mol. The number of hydrogen-bond acceptors (Lipinski definition) is 5. The van der Waals surface area contributed by atoms with Crippen molar-refractivity contribution in [3.8, 4) is 11.5 Å². The van der Waals surface area contributed by atoms with E-state index in [1.807, 2.05) is 0 Å². The highest BCUT2D eigenvalue weighted by molar-refractivity contribution is 5.96. The molecular formula is C21H22N2O4. The van der Waals surface area contributed by atoms with Crippen LogP contribution in [0.3, 0.4) is 0 Å². The van der Waals surface area contributed by atoms with Gasteiger partial charge >= 0.3 is 0 Å². The number of phenolic OH excluding ortho intramolecular Hbond substituents is 1. The quantitative estimate of drug-likeness (QED) is 0.648. The predicted molar refractivity (Wildman–Crippen MR) is 103 cm³/mol. The van der Waals surface area contributed by atoms with E-state index >= 15 is 0 Å². The van der Waals surface area contributed by atoms with Crippen LogP contribution in [0.15, 0.2) is 57.9 Å². The van der Waals surface area contributed by atoms with Crippen molar-refractivity contribution in [3.63, 3.8) is 0 Å². The minimum absolute atomic E-state index is 0.0850. The van der Waals surface area contributed by atoms with Crippen LogP contribution < -0.4 is 15.6 Å². The summed E-state index contributed by atoms with van der Waals surface area (Å²) in [5.41, 5.74) is 1.61. The van der Waals surface area contributed by atoms with Gasteiger partial charge in [-0.3, -0.25) is 4.79 Å². The first kappa shape index (κ1) is 18.5. The largest absolute Gasteiger partial charge is 0.508 e. The monoisotopic (exact) mass is 366 g/mol. The summed E-state index contributed by atoms with van der Waals surface area (Å²) in [7, 11) is 1.59. The fourth-order valence-electron chi connectivity index (χ4n) is 2.60. The van der Waals surface area contributed by atoms with Gasteiger partial charge in [-0.2, -0.15) is 0 Å². The van der Waals surface area contributed by atoms with E-state index in [1.165, 1.54) is 6.07 Å². The molecule has 0 spiro atoms. The maximum absolute atomic E-state index is 12.6. The van der Waals surface area contributed by atoms with Crippen LogP contribution in [0.25, 0.3) is 11.0 Å². The van der Waals surface area contributed by atoms with Gasteiger partial charge in [0.15, 0.2) is 0 Å². The zero-order valence-electron chi connectivity index (χ0n) is 15.4. The number of carbonyl (C=O) groups is 1. The Kier molecular flexibility index (Phi) is 5.76. The molecule has 140 valence electrons. The Morgan fingerprint density at radius 1 is 1.19 bits per heavy atom. The first-order valence-electron chi connectivity index (χ1n) is 8.84. The summed E-state index contributed by atoms with van der Waals surface area (Å²) in [5.74, 6) is 0.558. The Hall–Kier alpha value is -3.28. The van der Waals surface area contributed by atoms with Crippen LogP contribution in [0.5, 0.6) is 11.5 Å². The zero-order valence-corrected chi connectivity index (χ0v) is 15.4. The van der Waals surface area contributed by atoms with Crippen molar-refractivity contribution in [3.05, 3.63) is 59.6 Å². The molecule has 3 rings (SSSR count). The number of phenols is 1. The fraction of sp³-hybridized carbons (Fsp3) is 0.238. The summed E-state index contributed by atoms with van der Waals surface area (Å²) >= 11 is 0. The van der Waals surface area contributed by atoms with Crippen LogP contribution in [0.2, 0.25) is 0 Å². The van der Waals surface area contributed by atoms with Crippen molar-refractivity contribution < 1.29 is 19.1 Å². The number of aromatic hydroxyl groups is 1. The molecule has 1 aromatic heterocycles. The molecule has 6 heteroatoms. The highest BCUT2D eigenvalue weighted by atomic mass is 16.5. The van der Waals surface area contributed by atoms with Gasteiger partial charge in [0.05, 0.1) is 12.8 Å². The maximum Gasteiger partial charge on any atom is 0.256 e. The second kappa shape index (κ2) is 8.40. The van der Waals surface area contributed by atoms with E-state index in [9.17, 15) is 9.90 Å². The highest BCUT2D eigenvalue weighted by Crippen LogP contribution is 2.21. The third-order valence-electron chi connectivity index (χ3n) is 4.10. The number of carbonyl (C=O) groups excluding carboxylic acids is 1. The van der Waals surface area contributed by atoms with E-state index in [0.29, 0.717) is 34.5 Å². The summed E-state index contributed by atoms with van der Waals surface area (Å²) in [5, 5.41) is 13.3. The molecule has 0 aliphatic rings. The van der Waals surface area contributed by atoms with E-state index in [1.54, 1.807) is 49.6 Å². The number of nitrogens with one attached hydrogen (secondary N) is 1. The summed E-state index contributed by atoms with van der Waals surface area (Å²) in [6, 6.07) is 13.6. The lowest BCUT2D eigenvalue weighted by Gasteiger charge is -2.07. The van der Waals surface area contributed by atoms with Crippen LogP contribution in [-0.2, 0) is 0 Å². The molecule has 0 aliphatic carbocycles. The second-order valence-electron chi connectivity index (χ2n) is 6.11. The van der Waals surface area contributed by atoms with Crippen molar-refractivity contribution in [1.29, 1.82) is 0 Å². The summed E-state index contributed by atoms with van der Waals surface area (Å²) in [6.45, 7) is 2.65. The van der Waals surface area contributed by atoms with Crippen molar-refractivity contribution in [1.82, 2.24) is 5.32 Å². The Morgan fingerprint density at radius 2 is 1.96 bits per heavy atom. The van der Waals surface area contributed by atoms with Crippen molar-refractivity contribution in [2.45, 2.75) is 19.8 Å². The number of rotatable bonds is 6.